The van der Waals surface area contributed by atoms with Crippen LogP contribution in [0, 0.1) is 0 Å². The first-order valence-electron chi connectivity index (χ1n) is 8.69. The summed E-state index contributed by atoms with van der Waals surface area (Å²) >= 11 is 2.13. The van der Waals surface area contributed by atoms with Crippen molar-refractivity contribution in [3.8, 4) is 0 Å². The van der Waals surface area contributed by atoms with Crippen molar-refractivity contribution < 1.29 is 0 Å². The number of thioether (sulfide) groups is 1. The van der Waals surface area contributed by atoms with Crippen molar-refractivity contribution in [1.82, 2.24) is 24.9 Å². The second-order valence-electron chi connectivity index (χ2n) is 6.68. The molecule has 0 atom stereocenters. The molecule has 1 N–H and O–H groups in total. The van der Waals surface area contributed by atoms with Crippen LogP contribution in [0.4, 0.5) is 0 Å². The predicted molar refractivity (Wildman–Crippen MR) is 91.1 cm³/mol. The normalized spacial score (nSPS) is 25.3. The lowest BCUT2D eigenvalue weighted by Gasteiger charge is -2.40. The molecule has 6 heteroatoms. The Morgan fingerprint density at radius 3 is 2.73 bits per heavy atom. The van der Waals surface area contributed by atoms with Gasteiger partial charge in [-0.15, -0.1) is 0 Å². The van der Waals surface area contributed by atoms with Gasteiger partial charge in [0.25, 0.3) is 0 Å². The van der Waals surface area contributed by atoms with Crippen LogP contribution in [0.2, 0.25) is 0 Å². The van der Waals surface area contributed by atoms with E-state index in [0.717, 1.165) is 32.2 Å². The van der Waals surface area contributed by atoms with Crippen LogP contribution < -0.4 is 5.32 Å². The Morgan fingerprint density at radius 2 is 1.95 bits per heavy atom. The molecule has 122 valence electrons. The molecule has 3 aliphatic heterocycles. The molecular formula is C16H27N5S. The third-order valence-corrected chi connectivity index (χ3v) is 6.27. The minimum Gasteiger partial charge on any atom is -0.309 e. The monoisotopic (exact) mass is 321 g/mol. The SMILES string of the molecule is c1c(CN2CCN(C3CCSCC3)CC2)nn2c1CNCC2. The molecule has 0 bridgehead atoms. The molecule has 4 heterocycles. The topological polar surface area (TPSA) is 36.3 Å². The standard InChI is InChI=1S/C16H27N5S/c1-9-22-10-2-15(1)20-7-5-19(6-8-20)13-14-11-16-12-17-3-4-21(16)18-14/h11,15,17H,1-10,12-13H2. The van der Waals surface area contributed by atoms with Gasteiger partial charge in [-0.3, -0.25) is 14.5 Å². The average Bonchev–Trinajstić information content (AvgIpc) is 2.98. The van der Waals surface area contributed by atoms with E-state index in [9.17, 15) is 0 Å². The fourth-order valence-corrected chi connectivity index (χ4v) is 4.98. The zero-order valence-electron chi connectivity index (χ0n) is 13.3. The van der Waals surface area contributed by atoms with Gasteiger partial charge in [0.05, 0.1) is 17.9 Å². The first-order chi connectivity index (χ1) is 10.9. The van der Waals surface area contributed by atoms with E-state index in [1.807, 2.05) is 0 Å². The molecule has 0 spiro atoms. The summed E-state index contributed by atoms with van der Waals surface area (Å²) < 4.78 is 2.18. The maximum Gasteiger partial charge on any atom is 0.0768 e. The van der Waals surface area contributed by atoms with E-state index in [1.54, 1.807) is 0 Å². The zero-order valence-corrected chi connectivity index (χ0v) is 14.2. The first kappa shape index (κ1) is 15.0. The van der Waals surface area contributed by atoms with E-state index in [-0.39, 0.29) is 0 Å². The van der Waals surface area contributed by atoms with Crippen LogP contribution in [0.1, 0.15) is 24.2 Å². The minimum absolute atomic E-state index is 0.856. The quantitative estimate of drug-likeness (QED) is 0.899. The lowest BCUT2D eigenvalue weighted by Crippen LogP contribution is -2.50. The number of rotatable bonds is 3. The van der Waals surface area contributed by atoms with Crippen LogP contribution in [-0.4, -0.2) is 69.9 Å². The van der Waals surface area contributed by atoms with Gasteiger partial charge in [-0.1, -0.05) is 0 Å². The van der Waals surface area contributed by atoms with E-state index in [1.165, 1.54) is 61.9 Å². The smallest absolute Gasteiger partial charge is 0.0768 e. The second kappa shape index (κ2) is 6.91. The molecule has 0 saturated carbocycles. The third kappa shape index (κ3) is 3.35. The van der Waals surface area contributed by atoms with Gasteiger partial charge < -0.3 is 5.32 Å². The summed E-state index contributed by atoms with van der Waals surface area (Å²) in [5.74, 6) is 2.72. The van der Waals surface area contributed by atoms with Gasteiger partial charge in [-0.2, -0.15) is 16.9 Å². The Bertz CT molecular complexity index is 465. The van der Waals surface area contributed by atoms with Gasteiger partial charge in [0.2, 0.25) is 0 Å². The van der Waals surface area contributed by atoms with Crippen molar-refractivity contribution >= 4 is 11.8 Å². The van der Waals surface area contributed by atoms with Crippen molar-refractivity contribution in [2.24, 2.45) is 0 Å². The van der Waals surface area contributed by atoms with Crippen molar-refractivity contribution in [3.05, 3.63) is 17.5 Å². The van der Waals surface area contributed by atoms with Crippen molar-refractivity contribution in [2.75, 3.05) is 44.2 Å². The van der Waals surface area contributed by atoms with Gasteiger partial charge in [-0.05, 0) is 30.4 Å². The summed E-state index contributed by atoms with van der Waals surface area (Å²) in [6.45, 7) is 8.94. The van der Waals surface area contributed by atoms with E-state index >= 15 is 0 Å². The van der Waals surface area contributed by atoms with Crippen molar-refractivity contribution in [2.45, 2.75) is 38.5 Å². The number of piperazine rings is 1. The molecule has 2 fully saturated rings. The summed E-state index contributed by atoms with van der Waals surface area (Å²) in [4.78, 5) is 5.31. The van der Waals surface area contributed by atoms with Gasteiger partial charge in [0.15, 0.2) is 0 Å². The Morgan fingerprint density at radius 1 is 1.14 bits per heavy atom. The molecule has 0 unspecified atom stereocenters. The van der Waals surface area contributed by atoms with Crippen molar-refractivity contribution in [1.29, 1.82) is 0 Å². The molecule has 4 rings (SSSR count). The Labute approximate surface area is 137 Å². The largest absolute Gasteiger partial charge is 0.309 e. The van der Waals surface area contributed by atoms with Crippen molar-refractivity contribution in [3.63, 3.8) is 0 Å². The van der Waals surface area contributed by atoms with E-state index in [0.29, 0.717) is 0 Å². The lowest BCUT2D eigenvalue weighted by atomic mass is 10.1. The maximum absolute atomic E-state index is 4.77. The Balaban J connectivity index is 1.29. The predicted octanol–water partition coefficient (Wildman–Crippen LogP) is 1.000. The van der Waals surface area contributed by atoms with Gasteiger partial charge in [-0.25, -0.2) is 0 Å². The van der Waals surface area contributed by atoms with Crippen LogP contribution in [0.5, 0.6) is 0 Å². The van der Waals surface area contributed by atoms with Crippen LogP contribution in [0.3, 0.4) is 0 Å². The molecule has 1 aromatic heterocycles. The number of hydrogen-bond donors (Lipinski definition) is 1. The number of fused-ring (bicyclic) bond motifs is 1. The fourth-order valence-electron chi connectivity index (χ4n) is 3.90. The van der Waals surface area contributed by atoms with E-state index < -0.39 is 0 Å². The number of hydrogen-bond acceptors (Lipinski definition) is 5. The lowest BCUT2D eigenvalue weighted by molar-refractivity contribution is 0.0871. The molecule has 3 aliphatic rings. The van der Waals surface area contributed by atoms with Gasteiger partial charge in [0, 0.05) is 51.9 Å². The fraction of sp³-hybridized carbons (Fsp3) is 0.812. The average molecular weight is 321 g/mol. The Kier molecular flexibility index (Phi) is 4.71. The zero-order chi connectivity index (χ0) is 14.8. The summed E-state index contributed by atoms with van der Waals surface area (Å²) in [5.41, 5.74) is 2.60. The van der Waals surface area contributed by atoms with Gasteiger partial charge in [0.1, 0.15) is 0 Å². The van der Waals surface area contributed by atoms with Crippen LogP contribution in [0.15, 0.2) is 6.07 Å². The highest BCUT2D eigenvalue weighted by Gasteiger charge is 2.25. The highest BCUT2D eigenvalue weighted by molar-refractivity contribution is 7.99. The number of aromatic nitrogens is 2. The molecule has 22 heavy (non-hydrogen) atoms. The maximum atomic E-state index is 4.77. The molecule has 0 aromatic carbocycles. The number of nitrogens with zero attached hydrogens (tertiary/aromatic N) is 4. The molecule has 0 amide bonds. The number of nitrogens with one attached hydrogen (secondary N) is 1. The van der Waals surface area contributed by atoms with E-state index in [2.05, 4.69) is 37.6 Å². The Hall–Kier alpha value is -0.560. The summed E-state index contributed by atoms with van der Waals surface area (Å²) in [5, 5.41) is 8.19. The summed E-state index contributed by atoms with van der Waals surface area (Å²) in [6.07, 6.45) is 2.79. The van der Waals surface area contributed by atoms with Crippen LogP contribution in [0.25, 0.3) is 0 Å². The molecule has 1 aromatic rings. The highest BCUT2D eigenvalue weighted by atomic mass is 32.2. The molecular weight excluding hydrogens is 294 g/mol. The molecule has 5 nitrogen and oxygen atoms in total. The molecule has 2 saturated heterocycles. The highest BCUT2D eigenvalue weighted by Crippen LogP contribution is 2.23. The van der Waals surface area contributed by atoms with E-state index in [4.69, 9.17) is 5.10 Å². The van der Waals surface area contributed by atoms with Crippen LogP contribution in [-0.2, 0) is 19.6 Å². The van der Waals surface area contributed by atoms with Gasteiger partial charge >= 0.3 is 0 Å². The third-order valence-electron chi connectivity index (χ3n) is 5.22. The summed E-state index contributed by atoms with van der Waals surface area (Å²) in [6, 6.07) is 3.14. The second-order valence-corrected chi connectivity index (χ2v) is 7.91. The van der Waals surface area contributed by atoms with Crippen LogP contribution >= 0.6 is 11.8 Å². The molecule has 0 aliphatic carbocycles. The summed E-state index contributed by atoms with van der Waals surface area (Å²) in [7, 11) is 0. The minimum atomic E-state index is 0.856. The first-order valence-corrected chi connectivity index (χ1v) is 9.84. The molecule has 0 radical (unpaired) electrons.